The number of benzene rings is 2. The van der Waals surface area contributed by atoms with Gasteiger partial charge in [0.05, 0.1) is 0 Å². The van der Waals surface area contributed by atoms with Crippen LogP contribution in [0.3, 0.4) is 0 Å². The van der Waals surface area contributed by atoms with Crippen LogP contribution in [0.1, 0.15) is 0 Å². The molecular weight excluding hydrogens is 218 g/mol. The molecule has 0 heterocycles. The van der Waals surface area contributed by atoms with E-state index < -0.39 is 11.6 Å². The molecule has 0 saturated heterocycles. The Labute approximate surface area is 91.1 Å². The largest absolute Gasteiger partial charge is 0.204 e. The summed E-state index contributed by atoms with van der Waals surface area (Å²) >= 11 is 5.77. The lowest BCUT2D eigenvalue weighted by molar-refractivity contribution is 0.511. The summed E-state index contributed by atoms with van der Waals surface area (Å²) in [5.41, 5.74) is 0.789. The van der Waals surface area contributed by atoms with Crippen molar-refractivity contribution in [3.8, 4) is 11.1 Å². The highest BCUT2D eigenvalue weighted by atomic mass is 35.5. The summed E-state index contributed by atoms with van der Waals surface area (Å²) in [5.74, 6) is -1.70. The molecule has 0 saturated carbocycles. The maximum Gasteiger partial charge on any atom is 0.166 e. The van der Waals surface area contributed by atoms with Gasteiger partial charge in [0.1, 0.15) is 0 Å². The van der Waals surface area contributed by atoms with Crippen molar-refractivity contribution in [2.45, 2.75) is 0 Å². The Balaban J connectivity index is 2.59. The molecule has 15 heavy (non-hydrogen) atoms. The standard InChI is InChI=1S/C12H7ClF2/c13-9-4-1-3-8(7-9)10-5-2-6-11(14)12(10)15/h1-7H. The predicted molar refractivity (Wildman–Crippen MR) is 56.8 cm³/mol. The van der Waals surface area contributed by atoms with Gasteiger partial charge in [-0.05, 0) is 23.8 Å². The van der Waals surface area contributed by atoms with Crippen molar-refractivity contribution < 1.29 is 8.78 Å². The average Bonchev–Trinajstić information content (AvgIpc) is 2.22. The highest BCUT2D eigenvalue weighted by Gasteiger charge is 2.09. The molecule has 0 aromatic heterocycles. The van der Waals surface area contributed by atoms with Crippen LogP contribution >= 0.6 is 11.6 Å². The van der Waals surface area contributed by atoms with Crippen molar-refractivity contribution in [2.24, 2.45) is 0 Å². The lowest BCUT2D eigenvalue weighted by Gasteiger charge is -2.04. The van der Waals surface area contributed by atoms with Gasteiger partial charge in [0.25, 0.3) is 0 Å². The number of hydrogen-bond acceptors (Lipinski definition) is 0. The second kappa shape index (κ2) is 3.99. The minimum Gasteiger partial charge on any atom is -0.204 e. The van der Waals surface area contributed by atoms with Crippen molar-refractivity contribution in [2.75, 3.05) is 0 Å². The highest BCUT2D eigenvalue weighted by Crippen LogP contribution is 2.26. The predicted octanol–water partition coefficient (Wildman–Crippen LogP) is 4.29. The second-order valence-corrected chi connectivity index (χ2v) is 3.55. The summed E-state index contributed by atoms with van der Waals surface area (Å²) in [5, 5.41) is 0.496. The minimum atomic E-state index is -0.854. The average molecular weight is 225 g/mol. The van der Waals surface area contributed by atoms with Crippen molar-refractivity contribution in [1.82, 2.24) is 0 Å². The van der Waals surface area contributed by atoms with Gasteiger partial charge in [-0.25, -0.2) is 8.78 Å². The number of halogens is 3. The Morgan fingerprint density at radius 2 is 1.67 bits per heavy atom. The lowest BCUT2D eigenvalue weighted by Crippen LogP contribution is -1.88. The SMILES string of the molecule is Fc1cccc(-c2cccc(Cl)c2)c1F. The fourth-order valence-corrected chi connectivity index (χ4v) is 1.57. The first-order valence-corrected chi connectivity index (χ1v) is 4.76. The first kappa shape index (κ1) is 10.1. The van der Waals surface area contributed by atoms with Crippen LogP contribution in [0.25, 0.3) is 11.1 Å². The van der Waals surface area contributed by atoms with E-state index in [2.05, 4.69) is 0 Å². The van der Waals surface area contributed by atoms with Crippen molar-refractivity contribution in [3.05, 3.63) is 59.1 Å². The molecule has 0 aliphatic carbocycles. The maximum absolute atomic E-state index is 13.4. The smallest absolute Gasteiger partial charge is 0.166 e. The molecule has 3 heteroatoms. The zero-order valence-corrected chi connectivity index (χ0v) is 8.43. The molecule has 0 N–H and O–H groups in total. The van der Waals surface area contributed by atoms with E-state index in [1.165, 1.54) is 12.1 Å². The summed E-state index contributed by atoms with van der Waals surface area (Å²) in [4.78, 5) is 0. The minimum absolute atomic E-state index is 0.220. The Kier molecular flexibility index (Phi) is 2.69. The molecule has 0 fully saturated rings. The van der Waals surface area contributed by atoms with Gasteiger partial charge in [0.2, 0.25) is 0 Å². The van der Waals surface area contributed by atoms with Crippen LogP contribution in [0.15, 0.2) is 42.5 Å². The van der Waals surface area contributed by atoms with Crippen molar-refractivity contribution in [3.63, 3.8) is 0 Å². The monoisotopic (exact) mass is 224 g/mol. The Morgan fingerprint density at radius 1 is 0.933 bits per heavy atom. The molecule has 0 spiro atoms. The van der Waals surface area contributed by atoms with Gasteiger partial charge in [0.15, 0.2) is 11.6 Å². The molecule has 2 aromatic carbocycles. The molecule has 0 radical (unpaired) electrons. The third kappa shape index (κ3) is 2.00. The molecule has 0 bridgehead atoms. The molecule has 0 amide bonds. The Hall–Kier alpha value is -1.41. The first-order chi connectivity index (χ1) is 7.18. The zero-order chi connectivity index (χ0) is 10.8. The topological polar surface area (TPSA) is 0 Å². The first-order valence-electron chi connectivity index (χ1n) is 4.38. The molecule has 0 aliphatic heterocycles. The lowest BCUT2D eigenvalue weighted by atomic mass is 10.1. The van der Waals surface area contributed by atoms with Gasteiger partial charge in [-0.1, -0.05) is 35.9 Å². The van der Waals surface area contributed by atoms with E-state index in [0.717, 1.165) is 6.07 Å². The van der Waals surface area contributed by atoms with Crippen molar-refractivity contribution >= 4 is 11.6 Å². The summed E-state index contributed by atoms with van der Waals surface area (Å²) in [6.45, 7) is 0. The molecule has 0 aliphatic rings. The fraction of sp³-hybridized carbons (Fsp3) is 0. The summed E-state index contributed by atoms with van der Waals surface area (Å²) in [6, 6.07) is 10.7. The molecule has 2 rings (SSSR count). The summed E-state index contributed by atoms with van der Waals surface area (Å²) < 4.78 is 26.4. The van der Waals surface area contributed by atoms with Gasteiger partial charge in [0, 0.05) is 10.6 Å². The van der Waals surface area contributed by atoms with E-state index >= 15 is 0 Å². The summed E-state index contributed by atoms with van der Waals surface area (Å²) in [6.07, 6.45) is 0. The highest BCUT2D eigenvalue weighted by molar-refractivity contribution is 6.30. The Bertz CT molecular complexity index is 495. The van der Waals surface area contributed by atoms with E-state index in [9.17, 15) is 8.78 Å². The van der Waals surface area contributed by atoms with E-state index in [0.29, 0.717) is 10.6 Å². The molecule has 0 atom stereocenters. The number of rotatable bonds is 1. The van der Waals surface area contributed by atoms with E-state index in [4.69, 9.17) is 11.6 Å². The number of hydrogen-bond donors (Lipinski definition) is 0. The third-order valence-electron chi connectivity index (χ3n) is 2.09. The van der Waals surface area contributed by atoms with E-state index in [1.54, 1.807) is 24.3 Å². The van der Waals surface area contributed by atoms with Gasteiger partial charge in [-0.15, -0.1) is 0 Å². The van der Waals surface area contributed by atoms with Gasteiger partial charge in [-0.3, -0.25) is 0 Å². The molecule has 0 unspecified atom stereocenters. The molecule has 0 nitrogen and oxygen atoms in total. The third-order valence-corrected chi connectivity index (χ3v) is 2.32. The van der Waals surface area contributed by atoms with E-state index in [1.807, 2.05) is 0 Å². The Morgan fingerprint density at radius 3 is 2.40 bits per heavy atom. The fourth-order valence-electron chi connectivity index (χ4n) is 1.38. The van der Waals surface area contributed by atoms with Crippen LogP contribution in [-0.4, -0.2) is 0 Å². The van der Waals surface area contributed by atoms with Crippen LogP contribution in [0.2, 0.25) is 5.02 Å². The normalized spacial score (nSPS) is 10.3. The zero-order valence-electron chi connectivity index (χ0n) is 7.68. The van der Waals surface area contributed by atoms with Crippen LogP contribution in [0, 0.1) is 11.6 Å². The second-order valence-electron chi connectivity index (χ2n) is 3.11. The van der Waals surface area contributed by atoms with E-state index in [-0.39, 0.29) is 5.56 Å². The van der Waals surface area contributed by atoms with Crippen LogP contribution in [-0.2, 0) is 0 Å². The van der Waals surface area contributed by atoms with Gasteiger partial charge in [-0.2, -0.15) is 0 Å². The molecule has 2 aromatic rings. The maximum atomic E-state index is 13.4. The molecular formula is C12H7ClF2. The van der Waals surface area contributed by atoms with Crippen LogP contribution < -0.4 is 0 Å². The van der Waals surface area contributed by atoms with Gasteiger partial charge >= 0.3 is 0 Å². The molecule has 76 valence electrons. The summed E-state index contributed by atoms with van der Waals surface area (Å²) in [7, 11) is 0. The van der Waals surface area contributed by atoms with Gasteiger partial charge < -0.3 is 0 Å². The quantitative estimate of drug-likeness (QED) is 0.678. The van der Waals surface area contributed by atoms with Crippen LogP contribution in [0.4, 0.5) is 8.78 Å². The van der Waals surface area contributed by atoms with Crippen LogP contribution in [0.5, 0.6) is 0 Å². The van der Waals surface area contributed by atoms with Crippen molar-refractivity contribution in [1.29, 1.82) is 0 Å².